The van der Waals surface area contributed by atoms with Crippen LogP contribution in [0, 0.1) is 5.92 Å². The Bertz CT molecular complexity index is 872. The van der Waals surface area contributed by atoms with Crippen molar-refractivity contribution in [2.75, 3.05) is 32.8 Å². The van der Waals surface area contributed by atoms with Gasteiger partial charge in [0.1, 0.15) is 5.60 Å². The molecule has 1 atom stereocenters. The van der Waals surface area contributed by atoms with Gasteiger partial charge in [-0.25, -0.2) is 4.79 Å². The molecule has 184 valence electrons. The maximum Gasteiger partial charge on any atom is 0.410 e. The zero-order valence-electron chi connectivity index (χ0n) is 21.1. The second-order valence-corrected chi connectivity index (χ2v) is 10.2. The van der Waals surface area contributed by atoms with Crippen molar-refractivity contribution in [3.63, 3.8) is 0 Å². The SMILES string of the molecule is CC.CC(C)(C)OC(=O)N1CCC(C(CO)N2CCC(c3c[nH]c4ccccc34)CC2)CC1. The van der Waals surface area contributed by atoms with Crippen LogP contribution in [-0.4, -0.2) is 70.4 Å². The van der Waals surface area contributed by atoms with E-state index in [-0.39, 0.29) is 18.7 Å². The Labute approximate surface area is 199 Å². The molecule has 33 heavy (non-hydrogen) atoms. The topological polar surface area (TPSA) is 68.8 Å². The van der Waals surface area contributed by atoms with E-state index in [2.05, 4.69) is 40.3 Å². The van der Waals surface area contributed by atoms with E-state index in [0.717, 1.165) is 38.8 Å². The zero-order valence-corrected chi connectivity index (χ0v) is 21.1. The molecule has 1 aromatic carbocycles. The van der Waals surface area contributed by atoms with Gasteiger partial charge in [-0.3, -0.25) is 4.90 Å². The number of para-hydroxylation sites is 1. The number of benzene rings is 1. The molecule has 6 heteroatoms. The fourth-order valence-corrected chi connectivity index (χ4v) is 5.33. The van der Waals surface area contributed by atoms with Crippen molar-refractivity contribution in [3.8, 4) is 0 Å². The Morgan fingerprint density at radius 1 is 1.09 bits per heavy atom. The van der Waals surface area contributed by atoms with Gasteiger partial charge in [0, 0.05) is 36.2 Å². The number of aromatic nitrogens is 1. The molecular formula is C27H43N3O3. The fourth-order valence-electron chi connectivity index (χ4n) is 5.33. The molecule has 6 nitrogen and oxygen atoms in total. The van der Waals surface area contributed by atoms with Crippen LogP contribution >= 0.6 is 0 Å². The van der Waals surface area contributed by atoms with Crippen molar-refractivity contribution in [2.24, 2.45) is 5.92 Å². The molecule has 2 aromatic rings. The van der Waals surface area contributed by atoms with E-state index in [0.29, 0.717) is 24.9 Å². The first-order valence-corrected chi connectivity index (χ1v) is 12.7. The lowest BCUT2D eigenvalue weighted by atomic mass is 9.85. The van der Waals surface area contributed by atoms with E-state index < -0.39 is 5.60 Å². The number of nitrogens with zero attached hydrogens (tertiary/aromatic N) is 2. The summed E-state index contributed by atoms with van der Waals surface area (Å²) in [4.78, 5) is 20.1. The minimum Gasteiger partial charge on any atom is -0.444 e. The van der Waals surface area contributed by atoms with Gasteiger partial charge in [0.2, 0.25) is 0 Å². The van der Waals surface area contributed by atoms with Gasteiger partial charge in [-0.15, -0.1) is 0 Å². The summed E-state index contributed by atoms with van der Waals surface area (Å²) in [5, 5.41) is 11.5. The predicted octanol–water partition coefficient (Wildman–Crippen LogP) is 5.38. The summed E-state index contributed by atoms with van der Waals surface area (Å²) in [6, 6.07) is 8.72. The minimum absolute atomic E-state index is 0.185. The van der Waals surface area contributed by atoms with Crippen LogP contribution < -0.4 is 0 Å². The smallest absolute Gasteiger partial charge is 0.410 e. The van der Waals surface area contributed by atoms with Crippen LogP contribution in [0.15, 0.2) is 30.5 Å². The average Bonchev–Trinajstić information content (AvgIpc) is 3.25. The van der Waals surface area contributed by atoms with Crippen LogP contribution in [0.5, 0.6) is 0 Å². The summed E-state index contributed by atoms with van der Waals surface area (Å²) in [6.45, 7) is 13.3. The standard InChI is InChI=1S/C25H37N3O3.C2H6/c1-25(2,3)31-24(30)28-14-10-19(11-15-28)23(17-29)27-12-8-18(9-13-27)21-16-26-22-7-5-4-6-20(21)22;1-2/h4-7,16,18-19,23,26,29H,8-15,17H2,1-3H3;1-2H3. The molecule has 0 bridgehead atoms. The van der Waals surface area contributed by atoms with E-state index in [1.807, 2.05) is 39.5 Å². The van der Waals surface area contributed by atoms with E-state index in [1.165, 1.54) is 16.5 Å². The normalized spacial score (nSPS) is 19.8. The van der Waals surface area contributed by atoms with Gasteiger partial charge in [-0.2, -0.15) is 0 Å². The molecular weight excluding hydrogens is 414 g/mol. The number of hydrogen-bond donors (Lipinski definition) is 2. The molecule has 1 unspecified atom stereocenters. The number of hydrogen-bond acceptors (Lipinski definition) is 4. The highest BCUT2D eigenvalue weighted by Gasteiger charge is 2.35. The molecule has 0 aliphatic carbocycles. The van der Waals surface area contributed by atoms with Crippen LogP contribution in [0.1, 0.15) is 71.8 Å². The number of ether oxygens (including phenoxy) is 1. The van der Waals surface area contributed by atoms with Gasteiger partial charge in [-0.05, 0) is 83.0 Å². The third-order valence-corrected chi connectivity index (χ3v) is 6.98. The highest BCUT2D eigenvalue weighted by Crippen LogP contribution is 2.35. The third-order valence-electron chi connectivity index (χ3n) is 6.98. The molecule has 2 fully saturated rings. The van der Waals surface area contributed by atoms with Gasteiger partial charge in [0.15, 0.2) is 0 Å². The van der Waals surface area contributed by atoms with Gasteiger partial charge < -0.3 is 19.7 Å². The Kier molecular flexibility index (Phi) is 8.82. The fraction of sp³-hybridized carbons (Fsp3) is 0.667. The second kappa shape index (κ2) is 11.4. The van der Waals surface area contributed by atoms with Crippen molar-refractivity contribution < 1.29 is 14.6 Å². The van der Waals surface area contributed by atoms with Crippen LogP contribution in [0.25, 0.3) is 10.9 Å². The Morgan fingerprint density at radius 3 is 2.33 bits per heavy atom. The molecule has 2 saturated heterocycles. The van der Waals surface area contributed by atoms with Crippen molar-refractivity contribution >= 4 is 17.0 Å². The number of piperidine rings is 2. The Balaban J connectivity index is 0.00000149. The van der Waals surface area contributed by atoms with Gasteiger partial charge in [-0.1, -0.05) is 32.0 Å². The largest absolute Gasteiger partial charge is 0.444 e. The van der Waals surface area contributed by atoms with E-state index in [9.17, 15) is 9.90 Å². The molecule has 2 aliphatic rings. The van der Waals surface area contributed by atoms with Crippen molar-refractivity contribution in [2.45, 2.75) is 77.9 Å². The molecule has 0 spiro atoms. The van der Waals surface area contributed by atoms with E-state index in [4.69, 9.17) is 4.74 Å². The number of carbonyl (C=O) groups is 1. The van der Waals surface area contributed by atoms with Crippen LogP contribution in [0.4, 0.5) is 4.79 Å². The number of carbonyl (C=O) groups excluding carboxylic acids is 1. The van der Waals surface area contributed by atoms with Crippen molar-refractivity contribution in [1.29, 1.82) is 0 Å². The monoisotopic (exact) mass is 457 g/mol. The summed E-state index contributed by atoms with van der Waals surface area (Å²) in [7, 11) is 0. The number of fused-ring (bicyclic) bond motifs is 1. The zero-order chi connectivity index (χ0) is 24.0. The molecule has 3 heterocycles. The molecule has 2 aliphatic heterocycles. The lowest BCUT2D eigenvalue weighted by Gasteiger charge is -2.43. The minimum atomic E-state index is -0.462. The molecule has 1 aromatic heterocycles. The molecule has 4 rings (SSSR count). The van der Waals surface area contributed by atoms with Crippen LogP contribution in [0.3, 0.4) is 0 Å². The Morgan fingerprint density at radius 2 is 1.73 bits per heavy atom. The van der Waals surface area contributed by atoms with E-state index >= 15 is 0 Å². The number of H-pyrrole nitrogens is 1. The number of likely N-dealkylation sites (tertiary alicyclic amines) is 2. The number of nitrogens with one attached hydrogen (secondary N) is 1. The summed E-state index contributed by atoms with van der Waals surface area (Å²) in [5.41, 5.74) is 2.18. The lowest BCUT2D eigenvalue weighted by molar-refractivity contribution is 0.00468. The van der Waals surface area contributed by atoms with E-state index in [1.54, 1.807) is 0 Å². The second-order valence-electron chi connectivity index (χ2n) is 10.2. The molecule has 1 amide bonds. The maximum atomic E-state index is 12.3. The lowest BCUT2D eigenvalue weighted by Crippen LogP contribution is -2.51. The predicted molar refractivity (Wildman–Crippen MR) is 135 cm³/mol. The molecule has 2 N–H and O–H groups in total. The first-order valence-electron chi connectivity index (χ1n) is 12.7. The number of aromatic amines is 1. The molecule has 0 radical (unpaired) electrons. The maximum absolute atomic E-state index is 12.3. The van der Waals surface area contributed by atoms with Gasteiger partial charge in [0.25, 0.3) is 0 Å². The first-order chi connectivity index (χ1) is 15.9. The molecule has 0 saturated carbocycles. The number of aliphatic hydroxyl groups is 1. The summed E-state index contributed by atoms with van der Waals surface area (Å²) < 4.78 is 5.52. The number of amides is 1. The summed E-state index contributed by atoms with van der Waals surface area (Å²) in [6.07, 6.45) is 6.05. The average molecular weight is 458 g/mol. The van der Waals surface area contributed by atoms with Crippen LogP contribution in [0.2, 0.25) is 0 Å². The van der Waals surface area contributed by atoms with Crippen molar-refractivity contribution in [1.82, 2.24) is 14.8 Å². The van der Waals surface area contributed by atoms with Crippen molar-refractivity contribution in [3.05, 3.63) is 36.0 Å². The highest BCUT2D eigenvalue weighted by atomic mass is 16.6. The third kappa shape index (κ3) is 6.30. The van der Waals surface area contributed by atoms with Gasteiger partial charge in [0.05, 0.1) is 6.61 Å². The number of aliphatic hydroxyl groups excluding tert-OH is 1. The highest BCUT2D eigenvalue weighted by molar-refractivity contribution is 5.83. The Hall–Kier alpha value is -2.05. The summed E-state index contributed by atoms with van der Waals surface area (Å²) >= 11 is 0. The number of rotatable bonds is 4. The quantitative estimate of drug-likeness (QED) is 0.647. The first kappa shape index (κ1) is 25.6. The van der Waals surface area contributed by atoms with Crippen LogP contribution in [-0.2, 0) is 4.74 Å². The van der Waals surface area contributed by atoms with Gasteiger partial charge >= 0.3 is 6.09 Å². The summed E-state index contributed by atoms with van der Waals surface area (Å²) in [5.74, 6) is 0.995.